The lowest BCUT2D eigenvalue weighted by atomic mass is 10.1. The second-order valence-electron chi connectivity index (χ2n) is 3.81. The SMILES string of the molecule is C/C(=C\c1ccccc1)[C@H]1C[C@@H]1N. The third-order valence-corrected chi connectivity index (χ3v) is 2.62. The molecule has 0 aromatic heterocycles. The molecule has 2 rings (SSSR count). The van der Waals surface area contributed by atoms with Crippen molar-refractivity contribution < 1.29 is 0 Å². The number of hydrogen-bond donors (Lipinski definition) is 1. The fourth-order valence-corrected chi connectivity index (χ4v) is 1.66. The van der Waals surface area contributed by atoms with Crippen LogP contribution in [0.3, 0.4) is 0 Å². The Hall–Kier alpha value is -1.08. The van der Waals surface area contributed by atoms with Crippen LogP contribution in [0.4, 0.5) is 0 Å². The summed E-state index contributed by atoms with van der Waals surface area (Å²) in [5.41, 5.74) is 8.47. The van der Waals surface area contributed by atoms with E-state index in [-0.39, 0.29) is 0 Å². The Morgan fingerprint density at radius 2 is 2.00 bits per heavy atom. The monoisotopic (exact) mass is 173 g/mol. The molecule has 0 aliphatic heterocycles. The molecule has 1 nitrogen and oxygen atoms in total. The van der Waals surface area contributed by atoms with Crippen LogP contribution in [-0.2, 0) is 0 Å². The molecule has 1 fully saturated rings. The van der Waals surface area contributed by atoms with Gasteiger partial charge in [-0.05, 0) is 24.8 Å². The fraction of sp³-hybridized carbons (Fsp3) is 0.333. The highest BCUT2D eigenvalue weighted by molar-refractivity contribution is 5.53. The van der Waals surface area contributed by atoms with Gasteiger partial charge in [-0.15, -0.1) is 0 Å². The van der Waals surface area contributed by atoms with Crippen LogP contribution < -0.4 is 5.73 Å². The van der Waals surface area contributed by atoms with E-state index >= 15 is 0 Å². The molecule has 0 radical (unpaired) electrons. The summed E-state index contributed by atoms with van der Waals surface area (Å²) in [6.45, 7) is 2.17. The van der Waals surface area contributed by atoms with E-state index in [4.69, 9.17) is 5.73 Å². The minimum Gasteiger partial charge on any atom is -0.327 e. The van der Waals surface area contributed by atoms with Gasteiger partial charge in [0.15, 0.2) is 0 Å². The molecule has 0 amide bonds. The van der Waals surface area contributed by atoms with Crippen LogP contribution in [0.2, 0.25) is 0 Å². The zero-order valence-corrected chi connectivity index (χ0v) is 7.90. The van der Waals surface area contributed by atoms with Crippen molar-refractivity contribution in [2.45, 2.75) is 19.4 Å². The Labute approximate surface area is 79.3 Å². The fourth-order valence-electron chi connectivity index (χ4n) is 1.66. The summed E-state index contributed by atoms with van der Waals surface area (Å²) in [7, 11) is 0. The second kappa shape index (κ2) is 3.35. The highest BCUT2D eigenvalue weighted by Crippen LogP contribution is 2.35. The van der Waals surface area contributed by atoms with Crippen molar-refractivity contribution in [1.82, 2.24) is 0 Å². The van der Waals surface area contributed by atoms with E-state index in [0.29, 0.717) is 12.0 Å². The zero-order chi connectivity index (χ0) is 9.26. The highest BCUT2D eigenvalue weighted by Gasteiger charge is 2.34. The van der Waals surface area contributed by atoms with Gasteiger partial charge in [0.05, 0.1) is 0 Å². The summed E-state index contributed by atoms with van der Waals surface area (Å²) in [5, 5.41) is 0. The molecule has 0 heterocycles. The number of nitrogens with two attached hydrogens (primary N) is 1. The lowest BCUT2D eigenvalue weighted by Crippen LogP contribution is -2.02. The molecular formula is C12H15N. The Balaban J connectivity index is 2.12. The van der Waals surface area contributed by atoms with Gasteiger partial charge in [0, 0.05) is 6.04 Å². The Morgan fingerprint density at radius 3 is 2.54 bits per heavy atom. The van der Waals surface area contributed by atoms with Crippen molar-refractivity contribution >= 4 is 6.08 Å². The minimum atomic E-state index is 0.417. The van der Waals surface area contributed by atoms with E-state index in [1.54, 1.807) is 0 Å². The molecule has 1 saturated carbocycles. The predicted octanol–water partition coefficient (Wildman–Crippen LogP) is 2.44. The molecule has 2 atom stereocenters. The van der Waals surface area contributed by atoms with Gasteiger partial charge < -0.3 is 5.73 Å². The molecule has 1 aliphatic rings. The molecule has 1 aromatic rings. The summed E-state index contributed by atoms with van der Waals surface area (Å²) >= 11 is 0. The first-order chi connectivity index (χ1) is 6.27. The van der Waals surface area contributed by atoms with Crippen LogP contribution in [0.5, 0.6) is 0 Å². The lowest BCUT2D eigenvalue weighted by molar-refractivity contribution is 0.924. The van der Waals surface area contributed by atoms with Crippen LogP contribution in [0.25, 0.3) is 6.08 Å². The van der Waals surface area contributed by atoms with Crippen molar-refractivity contribution in [3.05, 3.63) is 41.5 Å². The maximum absolute atomic E-state index is 5.78. The first-order valence-electron chi connectivity index (χ1n) is 4.76. The average Bonchev–Trinajstić information content (AvgIpc) is 2.84. The van der Waals surface area contributed by atoms with Gasteiger partial charge in [0.2, 0.25) is 0 Å². The molecule has 0 spiro atoms. The van der Waals surface area contributed by atoms with Crippen molar-refractivity contribution in [1.29, 1.82) is 0 Å². The van der Waals surface area contributed by atoms with Gasteiger partial charge in [-0.2, -0.15) is 0 Å². The molecular weight excluding hydrogens is 158 g/mol. The molecule has 1 aromatic carbocycles. The molecule has 1 aliphatic carbocycles. The topological polar surface area (TPSA) is 26.0 Å². The van der Waals surface area contributed by atoms with E-state index in [2.05, 4.69) is 37.3 Å². The standard InChI is InChI=1S/C12H15N/c1-9(11-8-12(11)13)7-10-5-3-2-4-6-10/h2-7,11-12H,8,13H2,1H3/b9-7+/t11-,12+/m1/s1. The summed E-state index contributed by atoms with van der Waals surface area (Å²) in [4.78, 5) is 0. The second-order valence-corrected chi connectivity index (χ2v) is 3.81. The number of benzene rings is 1. The average molecular weight is 173 g/mol. The van der Waals surface area contributed by atoms with E-state index in [9.17, 15) is 0 Å². The Morgan fingerprint density at radius 1 is 1.38 bits per heavy atom. The van der Waals surface area contributed by atoms with E-state index in [1.807, 2.05) is 6.07 Å². The van der Waals surface area contributed by atoms with E-state index in [1.165, 1.54) is 11.1 Å². The van der Waals surface area contributed by atoms with E-state index in [0.717, 1.165) is 6.42 Å². The van der Waals surface area contributed by atoms with Crippen LogP contribution in [0, 0.1) is 5.92 Å². The molecule has 13 heavy (non-hydrogen) atoms. The summed E-state index contributed by atoms with van der Waals surface area (Å²) in [6.07, 6.45) is 3.40. The van der Waals surface area contributed by atoms with Crippen molar-refractivity contribution in [2.75, 3.05) is 0 Å². The normalized spacial score (nSPS) is 27.4. The smallest absolute Gasteiger partial charge is 0.0111 e. The minimum absolute atomic E-state index is 0.417. The summed E-state index contributed by atoms with van der Waals surface area (Å²) < 4.78 is 0. The molecule has 1 heteroatoms. The first-order valence-corrected chi connectivity index (χ1v) is 4.76. The maximum Gasteiger partial charge on any atom is 0.0111 e. The Kier molecular flexibility index (Phi) is 2.19. The van der Waals surface area contributed by atoms with Crippen LogP contribution >= 0.6 is 0 Å². The first kappa shape index (κ1) is 8.52. The molecule has 0 bridgehead atoms. The van der Waals surface area contributed by atoms with Gasteiger partial charge in [0.1, 0.15) is 0 Å². The van der Waals surface area contributed by atoms with Crippen molar-refractivity contribution in [3.8, 4) is 0 Å². The summed E-state index contributed by atoms with van der Waals surface area (Å²) in [5.74, 6) is 0.639. The van der Waals surface area contributed by atoms with Gasteiger partial charge in [-0.3, -0.25) is 0 Å². The predicted molar refractivity (Wildman–Crippen MR) is 56.2 cm³/mol. The highest BCUT2D eigenvalue weighted by atomic mass is 14.7. The van der Waals surface area contributed by atoms with Gasteiger partial charge >= 0.3 is 0 Å². The van der Waals surface area contributed by atoms with Crippen LogP contribution in [0.15, 0.2) is 35.9 Å². The molecule has 68 valence electrons. The maximum atomic E-state index is 5.78. The number of rotatable bonds is 2. The lowest BCUT2D eigenvalue weighted by Gasteiger charge is -1.98. The molecule has 2 N–H and O–H groups in total. The Bertz CT molecular complexity index is 313. The third-order valence-electron chi connectivity index (χ3n) is 2.62. The third kappa shape index (κ3) is 1.99. The van der Waals surface area contributed by atoms with Crippen LogP contribution in [-0.4, -0.2) is 6.04 Å². The molecule has 0 saturated heterocycles. The largest absolute Gasteiger partial charge is 0.327 e. The zero-order valence-electron chi connectivity index (χ0n) is 7.90. The van der Waals surface area contributed by atoms with Gasteiger partial charge in [0.25, 0.3) is 0 Å². The van der Waals surface area contributed by atoms with Gasteiger partial charge in [-0.25, -0.2) is 0 Å². The van der Waals surface area contributed by atoms with Crippen molar-refractivity contribution in [3.63, 3.8) is 0 Å². The number of hydrogen-bond acceptors (Lipinski definition) is 1. The quantitative estimate of drug-likeness (QED) is 0.730. The van der Waals surface area contributed by atoms with Crippen molar-refractivity contribution in [2.24, 2.45) is 11.7 Å². The van der Waals surface area contributed by atoms with Gasteiger partial charge in [-0.1, -0.05) is 42.0 Å². The molecule has 0 unspecified atom stereocenters. The summed E-state index contributed by atoms with van der Waals surface area (Å²) in [6, 6.07) is 10.8. The van der Waals surface area contributed by atoms with Crippen LogP contribution in [0.1, 0.15) is 18.9 Å². The van der Waals surface area contributed by atoms with E-state index < -0.39 is 0 Å².